The summed E-state index contributed by atoms with van der Waals surface area (Å²) >= 11 is 0. The number of amides is 2. The number of nitrogens with zero attached hydrogens (tertiary/aromatic N) is 2. The molecule has 2 heterocycles. The first kappa shape index (κ1) is 17.6. The lowest BCUT2D eigenvalue weighted by molar-refractivity contribution is -0.134. The average molecular weight is 321 g/mol. The molecule has 2 rings (SSSR count). The molecule has 1 N–H and O–H groups in total. The van der Waals surface area contributed by atoms with Crippen molar-refractivity contribution >= 4 is 12.0 Å². The van der Waals surface area contributed by atoms with E-state index < -0.39 is 12.2 Å². The Hall–Kier alpha value is -1.74. The predicted molar refractivity (Wildman–Crippen MR) is 87.8 cm³/mol. The maximum Gasteiger partial charge on any atom is 0.407 e. The molecule has 1 atom stereocenters. The van der Waals surface area contributed by atoms with Gasteiger partial charge in [0.25, 0.3) is 5.91 Å². The highest BCUT2D eigenvalue weighted by molar-refractivity contribution is 5.85. The molecule has 6 heteroatoms. The van der Waals surface area contributed by atoms with Crippen LogP contribution in [0, 0.1) is 11.8 Å². The molecule has 0 spiro atoms. The second kappa shape index (κ2) is 9.41. The van der Waals surface area contributed by atoms with Crippen LogP contribution in [0.15, 0.2) is 0 Å². The highest BCUT2D eigenvalue weighted by Gasteiger charge is 2.34. The first-order valence-electron chi connectivity index (χ1n) is 8.62. The van der Waals surface area contributed by atoms with Gasteiger partial charge in [-0.15, -0.1) is 0 Å². The summed E-state index contributed by atoms with van der Waals surface area (Å²) in [7, 11) is 0. The molecule has 0 bridgehead atoms. The molecule has 0 aromatic carbocycles. The van der Waals surface area contributed by atoms with Crippen LogP contribution in [0.5, 0.6) is 0 Å². The van der Waals surface area contributed by atoms with Crippen LogP contribution < -0.4 is 5.32 Å². The number of rotatable bonds is 6. The van der Waals surface area contributed by atoms with Crippen molar-refractivity contribution in [1.29, 1.82) is 0 Å². The summed E-state index contributed by atoms with van der Waals surface area (Å²) in [4.78, 5) is 27.8. The second-order valence-corrected chi connectivity index (χ2v) is 6.06. The Morgan fingerprint density at radius 1 is 1.26 bits per heavy atom. The molecule has 2 saturated heterocycles. The molecular weight excluding hydrogens is 294 g/mol. The van der Waals surface area contributed by atoms with E-state index >= 15 is 0 Å². The van der Waals surface area contributed by atoms with Gasteiger partial charge in [0, 0.05) is 19.5 Å². The molecule has 0 aromatic rings. The summed E-state index contributed by atoms with van der Waals surface area (Å²) in [5, 5.41) is 2.66. The fourth-order valence-corrected chi connectivity index (χ4v) is 2.77. The van der Waals surface area contributed by atoms with Crippen molar-refractivity contribution in [2.75, 3.05) is 39.3 Å². The van der Waals surface area contributed by atoms with Gasteiger partial charge in [-0.1, -0.05) is 25.2 Å². The first-order chi connectivity index (χ1) is 11.2. The minimum absolute atomic E-state index is 0.133. The van der Waals surface area contributed by atoms with Gasteiger partial charge in [0.15, 0.2) is 6.10 Å². The molecule has 2 fully saturated rings. The Kier molecular flexibility index (Phi) is 7.21. The van der Waals surface area contributed by atoms with Gasteiger partial charge < -0.3 is 15.0 Å². The van der Waals surface area contributed by atoms with Crippen molar-refractivity contribution < 1.29 is 14.3 Å². The number of nitrogens with one attached hydrogen (secondary N) is 1. The predicted octanol–water partition coefficient (Wildman–Crippen LogP) is 1.21. The van der Waals surface area contributed by atoms with E-state index in [0.29, 0.717) is 26.1 Å². The van der Waals surface area contributed by atoms with E-state index in [1.165, 1.54) is 12.8 Å². The van der Waals surface area contributed by atoms with Crippen LogP contribution in [0.1, 0.15) is 39.0 Å². The molecule has 1 unspecified atom stereocenters. The van der Waals surface area contributed by atoms with Gasteiger partial charge in [-0.3, -0.25) is 9.69 Å². The standard InChI is InChI=1S/C17H27N3O3/c1-2-3-9-18-17(22)23-15-8-14-20(16(15)21)13-7-6-12-19-10-4-5-11-19/h15H,2-5,8-14H2,1H3,(H,18,22). The van der Waals surface area contributed by atoms with Crippen molar-refractivity contribution in [3.8, 4) is 11.8 Å². The van der Waals surface area contributed by atoms with Crippen LogP contribution in [0.4, 0.5) is 4.79 Å². The quantitative estimate of drug-likeness (QED) is 0.590. The molecule has 23 heavy (non-hydrogen) atoms. The third-order valence-electron chi connectivity index (χ3n) is 4.19. The SMILES string of the molecule is CCCCNC(=O)OC1CCN(CC#CCN2CCCC2)C1=O. The molecule has 2 aliphatic rings. The van der Waals surface area contributed by atoms with Crippen LogP contribution in [0.25, 0.3) is 0 Å². The number of alkyl carbamates (subject to hydrolysis) is 1. The third kappa shape index (κ3) is 5.76. The molecule has 0 saturated carbocycles. The largest absolute Gasteiger partial charge is 0.436 e. The van der Waals surface area contributed by atoms with Gasteiger partial charge in [0.2, 0.25) is 0 Å². The molecule has 128 valence electrons. The zero-order valence-corrected chi connectivity index (χ0v) is 14.0. The molecule has 2 amide bonds. The highest BCUT2D eigenvalue weighted by Crippen LogP contribution is 2.14. The van der Waals surface area contributed by atoms with Gasteiger partial charge in [0.05, 0.1) is 13.1 Å². The Balaban J connectivity index is 1.67. The summed E-state index contributed by atoms with van der Waals surface area (Å²) in [5.74, 6) is 6.05. The molecule has 0 aromatic heterocycles. The molecule has 0 radical (unpaired) electrons. The number of ether oxygens (including phenoxy) is 1. The second-order valence-electron chi connectivity index (χ2n) is 6.06. The lowest BCUT2D eigenvalue weighted by atomic mass is 10.3. The van der Waals surface area contributed by atoms with Crippen LogP contribution in [0.2, 0.25) is 0 Å². The summed E-state index contributed by atoms with van der Waals surface area (Å²) < 4.78 is 5.19. The maximum absolute atomic E-state index is 12.2. The number of hydrogen-bond donors (Lipinski definition) is 1. The van der Waals surface area contributed by atoms with Crippen molar-refractivity contribution in [1.82, 2.24) is 15.1 Å². The summed E-state index contributed by atoms with van der Waals surface area (Å²) in [6.07, 6.45) is 3.82. The van der Waals surface area contributed by atoms with E-state index in [0.717, 1.165) is 32.5 Å². The Labute approximate surface area is 138 Å². The van der Waals surface area contributed by atoms with E-state index in [9.17, 15) is 9.59 Å². The van der Waals surface area contributed by atoms with E-state index in [2.05, 4.69) is 29.0 Å². The van der Waals surface area contributed by atoms with Crippen molar-refractivity contribution in [2.24, 2.45) is 0 Å². The third-order valence-corrected chi connectivity index (χ3v) is 4.19. The maximum atomic E-state index is 12.2. The summed E-state index contributed by atoms with van der Waals surface area (Å²) in [6.45, 7) is 6.69. The highest BCUT2D eigenvalue weighted by atomic mass is 16.6. The fourth-order valence-electron chi connectivity index (χ4n) is 2.77. The van der Waals surface area contributed by atoms with Crippen LogP contribution in [-0.2, 0) is 9.53 Å². The lowest BCUT2D eigenvalue weighted by Crippen LogP contribution is -2.35. The number of carbonyl (C=O) groups excluding carboxylic acids is 2. The van der Waals surface area contributed by atoms with Crippen molar-refractivity contribution in [3.63, 3.8) is 0 Å². The van der Waals surface area contributed by atoms with Crippen molar-refractivity contribution in [3.05, 3.63) is 0 Å². The Bertz CT molecular complexity index is 463. The minimum Gasteiger partial charge on any atom is -0.436 e. The zero-order valence-electron chi connectivity index (χ0n) is 14.0. The Morgan fingerprint density at radius 2 is 2.00 bits per heavy atom. The van der Waals surface area contributed by atoms with Crippen LogP contribution in [-0.4, -0.2) is 67.2 Å². The lowest BCUT2D eigenvalue weighted by Gasteiger charge is -2.14. The fraction of sp³-hybridized carbons (Fsp3) is 0.765. The van der Waals surface area contributed by atoms with Gasteiger partial charge in [-0.05, 0) is 32.4 Å². The zero-order chi connectivity index (χ0) is 16.5. The van der Waals surface area contributed by atoms with Gasteiger partial charge in [0.1, 0.15) is 0 Å². The summed E-state index contributed by atoms with van der Waals surface area (Å²) in [5.41, 5.74) is 0. The van der Waals surface area contributed by atoms with Crippen molar-refractivity contribution in [2.45, 2.75) is 45.1 Å². The van der Waals surface area contributed by atoms with Crippen LogP contribution in [0.3, 0.4) is 0 Å². The number of unbranched alkanes of at least 4 members (excludes halogenated alkanes) is 1. The molecule has 0 aliphatic carbocycles. The molecular formula is C17H27N3O3. The molecule has 6 nitrogen and oxygen atoms in total. The van der Waals surface area contributed by atoms with Gasteiger partial charge in [-0.25, -0.2) is 4.79 Å². The number of hydrogen-bond acceptors (Lipinski definition) is 4. The van der Waals surface area contributed by atoms with E-state index in [1.54, 1.807) is 4.90 Å². The van der Waals surface area contributed by atoms with E-state index in [4.69, 9.17) is 4.74 Å². The van der Waals surface area contributed by atoms with E-state index in [-0.39, 0.29) is 5.91 Å². The number of likely N-dealkylation sites (tertiary alicyclic amines) is 2. The van der Waals surface area contributed by atoms with E-state index in [1.807, 2.05) is 0 Å². The van der Waals surface area contributed by atoms with Gasteiger partial charge >= 0.3 is 6.09 Å². The Morgan fingerprint density at radius 3 is 2.74 bits per heavy atom. The average Bonchev–Trinajstić information content (AvgIpc) is 3.16. The topological polar surface area (TPSA) is 61.9 Å². The minimum atomic E-state index is -0.656. The van der Waals surface area contributed by atoms with Crippen LogP contribution >= 0.6 is 0 Å². The summed E-state index contributed by atoms with van der Waals surface area (Å²) in [6, 6.07) is 0. The first-order valence-corrected chi connectivity index (χ1v) is 8.62. The molecule has 2 aliphatic heterocycles. The number of carbonyl (C=O) groups is 2. The normalized spacial score (nSPS) is 21.2. The van der Waals surface area contributed by atoms with Gasteiger partial charge in [-0.2, -0.15) is 0 Å². The monoisotopic (exact) mass is 321 g/mol. The smallest absolute Gasteiger partial charge is 0.407 e.